The zero-order valence-corrected chi connectivity index (χ0v) is 57.5. The second kappa shape index (κ2) is 33.8. The third-order valence-electron chi connectivity index (χ3n) is 19.5. The van der Waals surface area contributed by atoms with E-state index in [2.05, 4.69) is 33.0 Å². The molecule has 1 amide bonds. The summed E-state index contributed by atoms with van der Waals surface area (Å²) in [7, 11) is 0. The van der Waals surface area contributed by atoms with E-state index in [9.17, 15) is 38.4 Å². The number of hydrogen-bond acceptors (Lipinski definition) is 26. The molecule has 6 rings (SSSR count). The average Bonchev–Trinajstić information content (AvgIpc) is 0.792. The van der Waals surface area contributed by atoms with Gasteiger partial charge in [0.15, 0.2) is 37.6 Å². The standard InChI is InChI=1S/C65H105NO26/c1-27(2)53-30(5)31(6)55(50(83-53)25-78-43(18)71)89-61-33(8)32(7)56(51(87-61)26-79-44(19)72)90-62-37(12)54(35(10)48(84-62)23-76-41(16)69)88-63-52(66-39(14)67)57(36(11)49(85-63)24-77-42(17)70)91-64-59(29(4)28(3)47(86-64)22-75-40(15)68)92-65-60(82-46(21)74)58(81-45(20)73)34(9)38(13)80-65/h27-38,47-65H,22-26H2,1-21H3,(H,66,67)/t28-,29+,30?,31-,32-,33?,34?,35+,36+,37?,38?,47?,48?,49?,50?,51?,52?,53+,54+,55-,56-,57+,58?,59?,60?,61+,62+,63+,64+,65+/m1/s1. The normalized spacial score (nSPS) is 41.5. The zero-order valence-electron chi connectivity index (χ0n) is 57.5. The Morgan fingerprint density at radius 1 is 0.315 bits per heavy atom. The summed E-state index contributed by atoms with van der Waals surface area (Å²) in [5.74, 6) is -8.60. The molecule has 6 heterocycles. The van der Waals surface area contributed by atoms with Crippen molar-refractivity contribution in [2.75, 3.05) is 33.0 Å². The molecule has 0 aromatic carbocycles. The minimum Gasteiger partial charge on any atom is -0.463 e. The molecule has 14 unspecified atom stereocenters. The van der Waals surface area contributed by atoms with E-state index in [4.69, 9.17) is 85.3 Å². The molecular weight excluding hydrogens is 1210 g/mol. The summed E-state index contributed by atoms with van der Waals surface area (Å²) in [4.78, 5) is 101. The lowest BCUT2D eigenvalue weighted by Gasteiger charge is -2.53. The van der Waals surface area contributed by atoms with Gasteiger partial charge < -0.3 is 90.6 Å². The summed E-state index contributed by atoms with van der Waals surface area (Å²) in [5.41, 5.74) is 0. The molecule has 526 valence electrons. The molecule has 6 aliphatic rings. The third-order valence-corrected chi connectivity index (χ3v) is 19.5. The third kappa shape index (κ3) is 19.5. The highest BCUT2D eigenvalue weighted by molar-refractivity contribution is 5.73. The molecule has 6 aliphatic heterocycles. The van der Waals surface area contributed by atoms with Gasteiger partial charge in [-0.15, -0.1) is 0 Å². The topological polar surface area (TPSA) is 315 Å². The maximum absolute atomic E-state index is 13.7. The largest absolute Gasteiger partial charge is 0.463 e. The minimum atomic E-state index is -1.41. The molecule has 0 aromatic heterocycles. The van der Waals surface area contributed by atoms with Crippen LogP contribution in [0.1, 0.15) is 145 Å². The van der Waals surface area contributed by atoms with Gasteiger partial charge in [-0.05, 0) is 42.4 Å². The van der Waals surface area contributed by atoms with Gasteiger partial charge in [-0.2, -0.15) is 0 Å². The minimum absolute atomic E-state index is 0.0383. The number of rotatable bonds is 24. The Morgan fingerprint density at radius 2 is 0.674 bits per heavy atom. The van der Waals surface area contributed by atoms with Gasteiger partial charge in [0, 0.05) is 85.0 Å². The lowest BCUT2D eigenvalue weighted by molar-refractivity contribution is -0.374. The average molecular weight is 1320 g/mol. The number of carbonyl (C=O) groups is 8. The lowest BCUT2D eigenvalue weighted by atomic mass is 9.77. The Balaban J connectivity index is 1.37. The number of amides is 1. The molecule has 27 heteroatoms. The Morgan fingerprint density at radius 3 is 1.15 bits per heavy atom. The van der Waals surface area contributed by atoms with Gasteiger partial charge in [0.05, 0.1) is 54.9 Å². The van der Waals surface area contributed by atoms with Crippen LogP contribution in [0.15, 0.2) is 0 Å². The molecular formula is C65H105NO26. The Labute approximate surface area is 541 Å². The first-order chi connectivity index (χ1) is 43.1. The number of carbonyl (C=O) groups excluding carboxylic acids is 8. The molecule has 27 nitrogen and oxygen atoms in total. The van der Waals surface area contributed by atoms with Crippen LogP contribution in [-0.4, -0.2) is 204 Å². The molecule has 0 saturated carbocycles. The summed E-state index contributed by atoms with van der Waals surface area (Å²) in [6.45, 7) is 34.3. The summed E-state index contributed by atoms with van der Waals surface area (Å²) in [6, 6.07) is -1.19. The molecule has 92 heavy (non-hydrogen) atoms. The van der Waals surface area contributed by atoms with Crippen molar-refractivity contribution in [1.82, 2.24) is 5.32 Å². The summed E-state index contributed by atoms with van der Waals surface area (Å²) < 4.78 is 115. The molecule has 6 saturated heterocycles. The highest BCUT2D eigenvalue weighted by Gasteiger charge is 2.57. The number of nitrogens with one attached hydrogen (secondary N) is 1. The fourth-order valence-electron chi connectivity index (χ4n) is 13.5. The molecule has 30 atom stereocenters. The van der Waals surface area contributed by atoms with Crippen molar-refractivity contribution in [3.63, 3.8) is 0 Å². The maximum Gasteiger partial charge on any atom is 0.303 e. The molecule has 0 radical (unpaired) electrons. The van der Waals surface area contributed by atoms with E-state index in [1.807, 2.05) is 41.5 Å². The van der Waals surface area contributed by atoms with Crippen molar-refractivity contribution >= 4 is 47.7 Å². The van der Waals surface area contributed by atoms with Crippen LogP contribution in [0.4, 0.5) is 0 Å². The molecule has 0 aromatic rings. The van der Waals surface area contributed by atoms with E-state index in [0.717, 1.165) is 0 Å². The van der Waals surface area contributed by atoms with Gasteiger partial charge in [-0.3, -0.25) is 38.4 Å². The van der Waals surface area contributed by atoms with Crippen LogP contribution >= 0.6 is 0 Å². The van der Waals surface area contributed by atoms with E-state index in [-0.39, 0.29) is 74.6 Å². The number of esters is 7. The van der Waals surface area contributed by atoms with Crippen molar-refractivity contribution in [1.29, 1.82) is 0 Å². The maximum atomic E-state index is 13.7. The first kappa shape index (κ1) is 76.3. The highest BCUT2D eigenvalue weighted by Crippen LogP contribution is 2.45. The Bertz CT molecular complexity index is 2480. The quantitative estimate of drug-likeness (QED) is 0.0917. The van der Waals surface area contributed by atoms with Crippen molar-refractivity contribution in [3.8, 4) is 0 Å². The van der Waals surface area contributed by atoms with Crippen LogP contribution in [-0.2, 0) is 124 Å². The van der Waals surface area contributed by atoms with Crippen LogP contribution < -0.4 is 5.32 Å². The molecule has 1 N–H and O–H groups in total. The second-order valence-corrected chi connectivity index (χ2v) is 26.7. The Hall–Kier alpha value is -4.68. The van der Waals surface area contributed by atoms with E-state index >= 15 is 0 Å². The molecule has 0 aliphatic carbocycles. The molecule has 6 fully saturated rings. The number of hydrogen-bond donors (Lipinski definition) is 1. The van der Waals surface area contributed by atoms with Crippen molar-refractivity contribution in [2.24, 2.45) is 65.1 Å². The predicted molar refractivity (Wildman–Crippen MR) is 320 cm³/mol. The summed E-state index contributed by atoms with van der Waals surface area (Å²) >= 11 is 0. The van der Waals surface area contributed by atoms with Crippen LogP contribution in [0.2, 0.25) is 0 Å². The van der Waals surface area contributed by atoms with Gasteiger partial charge in [-0.1, -0.05) is 83.1 Å². The highest BCUT2D eigenvalue weighted by atomic mass is 16.8. The summed E-state index contributed by atoms with van der Waals surface area (Å²) in [6.07, 6.45) is -17.9. The summed E-state index contributed by atoms with van der Waals surface area (Å²) in [5, 5.41) is 3.02. The number of ether oxygens (including phenoxy) is 18. The van der Waals surface area contributed by atoms with Crippen LogP contribution in [0.5, 0.6) is 0 Å². The van der Waals surface area contributed by atoms with Gasteiger partial charge in [-0.25, -0.2) is 0 Å². The van der Waals surface area contributed by atoms with E-state index in [1.165, 1.54) is 55.4 Å². The SMILES string of the molecule is CC(=O)NC1[C@H](O[C@@H]2C(C)[C@H](O[C@H]3C(COC(C)=O)O[C@@H](O[C@H]4C(COC(C)=O)O[C@@H](C(C)C)C(C)[C@H]4C)C(C)[C@H]3C)OC(COC(C)=O)[C@@H]2C)OC(COC(C)=O)[C@H](C)[C@@H]1O[C@@H]1OC(COC(C)=O)[C@H](C)[C@H](C)C1O[C@@H]1OC(C)C(C)C(OC(C)=O)C1OC(C)=O. The molecule has 0 spiro atoms. The van der Waals surface area contributed by atoms with Crippen LogP contribution in [0.3, 0.4) is 0 Å². The fraction of sp³-hybridized carbons (Fsp3) is 0.877. The van der Waals surface area contributed by atoms with E-state index < -0.39 is 194 Å². The second-order valence-electron chi connectivity index (χ2n) is 26.7. The first-order valence-electron chi connectivity index (χ1n) is 32.6. The zero-order chi connectivity index (χ0) is 68.5. The first-order valence-corrected chi connectivity index (χ1v) is 32.6. The van der Waals surface area contributed by atoms with Gasteiger partial charge in [0.25, 0.3) is 0 Å². The fourth-order valence-corrected chi connectivity index (χ4v) is 13.5. The van der Waals surface area contributed by atoms with Crippen molar-refractivity contribution in [3.05, 3.63) is 0 Å². The van der Waals surface area contributed by atoms with E-state index in [1.54, 1.807) is 20.8 Å². The molecule has 0 bridgehead atoms. The van der Waals surface area contributed by atoms with E-state index in [0.29, 0.717) is 0 Å². The van der Waals surface area contributed by atoms with Crippen LogP contribution in [0, 0.1) is 65.1 Å². The Kier molecular flexibility index (Phi) is 28.1. The van der Waals surface area contributed by atoms with Crippen LogP contribution in [0.25, 0.3) is 0 Å². The van der Waals surface area contributed by atoms with Gasteiger partial charge in [0.1, 0.15) is 63.5 Å². The predicted octanol–water partition coefficient (Wildman–Crippen LogP) is 5.52. The van der Waals surface area contributed by atoms with Crippen molar-refractivity contribution in [2.45, 2.75) is 268 Å². The van der Waals surface area contributed by atoms with Gasteiger partial charge >= 0.3 is 41.8 Å². The smallest absolute Gasteiger partial charge is 0.303 e. The monoisotopic (exact) mass is 1320 g/mol. The van der Waals surface area contributed by atoms with Gasteiger partial charge in [0.2, 0.25) is 5.91 Å². The lowest BCUT2D eigenvalue weighted by Crippen LogP contribution is -2.67. The van der Waals surface area contributed by atoms with Crippen molar-refractivity contribution < 1.29 is 124 Å².